The van der Waals surface area contributed by atoms with Crippen LogP contribution in [0.2, 0.25) is 0 Å². The Kier molecular flexibility index (Phi) is 3.50. The van der Waals surface area contributed by atoms with E-state index in [0.717, 1.165) is 12.8 Å². The zero-order valence-corrected chi connectivity index (χ0v) is 11.5. The maximum Gasteiger partial charge on any atom is 0.407 e. The topological polar surface area (TPSA) is 58.6 Å². The quantitative estimate of drug-likeness (QED) is 0.827. The number of nitrogens with one attached hydrogen (secondary N) is 1. The van der Waals surface area contributed by atoms with Gasteiger partial charge in [-0.05, 0) is 31.6 Å². The highest BCUT2D eigenvalue weighted by atomic mass is 16.5. The normalized spacial score (nSPS) is 30.9. The van der Waals surface area contributed by atoms with Crippen LogP contribution in [-0.2, 0) is 9.53 Å². The van der Waals surface area contributed by atoms with Crippen LogP contribution in [0.25, 0.3) is 0 Å². The summed E-state index contributed by atoms with van der Waals surface area (Å²) in [5.74, 6) is 0.782. The molecule has 0 aromatic carbocycles. The van der Waals surface area contributed by atoms with Crippen molar-refractivity contribution in [1.29, 1.82) is 0 Å². The van der Waals surface area contributed by atoms with Gasteiger partial charge in [-0.2, -0.15) is 0 Å². The Bertz CT molecular complexity index is 354. The molecule has 0 spiro atoms. The van der Waals surface area contributed by atoms with Gasteiger partial charge in [0.2, 0.25) is 5.91 Å². The highest BCUT2D eigenvalue weighted by molar-refractivity contribution is 5.87. The summed E-state index contributed by atoms with van der Waals surface area (Å²) in [7, 11) is 1.31. The van der Waals surface area contributed by atoms with Gasteiger partial charge in [0.05, 0.1) is 7.11 Å². The molecule has 4 atom stereocenters. The number of alkyl carbamates (subject to hydrolysis) is 1. The number of fused-ring (bicyclic) bond motifs is 1. The molecule has 5 heteroatoms. The third-order valence-corrected chi connectivity index (χ3v) is 4.01. The van der Waals surface area contributed by atoms with Crippen molar-refractivity contribution in [3.05, 3.63) is 0 Å². The zero-order valence-electron chi connectivity index (χ0n) is 11.5. The van der Waals surface area contributed by atoms with Crippen molar-refractivity contribution >= 4 is 12.0 Å². The van der Waals surface area contributed by atoms with E-state index in [9.17, 15) is 9.59 Å². The number of amides is 2. The summed E-state index contributed by atoms with van der Waals surface area (Å²) in [6.07, 6.45) is 1.68. The van der Waals surface area contributed by atoms with Gasteiger partial charge >= 0.3 is 6.09 Å². The summed E-state index contributed by atoms with van der Waals surface area (Å²) >= 11 is 0. The van der Waals surface area contributed by atoms with Gasteiger partial charge in [-0.15, -0.1) is 0 Å². The van der Waals surface area contributed by atoms with Crippen LogP contribution in [0.4, 0.5) is 4.79 Å². The molecule has 1 aliphatic carbocycles. The maximum absolute atomic E-state index is 12.5. The number of likely N-dealkylation sites (tertiary alicyclic amines) is 1. The summed E-state index contributed by atoms with van der Waals surface area (Å²) in [4.78, 5) is 25.8. The lowest BCUT2D eigenvalue weighted by Gasteiger charge is -2.31. The van der Waals surface area contributed by atoms with Gasteiger partial charge in [0.1, 0.15) is 6.04 Å². The minimum atomic E-state index is -0.541. The molecule has 1 saturated carbocycles. The number of carbonyl (C=O) groups is 2. The van der Waals surface area contributed by atoms with E-state index in [-0.39, 0.29) is 11.8 Å². The van der Waals surface area contributed by atoms with Crippen LogP contribution in [0, 0.1) is 11.8 Å². The fourth-order valence-electron chi connectivity index (χ4n) is 2.94. The van der Waals surface area contributed by atoms with Crippen molar-refractivity contribution in [2.75, 3.05) is 7.11 Å². The maximum atomic E-state index is 12.5. The molecule has 5 nitrogen and oxygen atoms in total. The molecule has 2 fully saturated rings. The average molecular weight is 254 g/mol. The third kappa shape index (κ3) is 2.31. The van der Waals surface area contributed by atoms with Crippen molar-refractivity contribution < 1.29 is 14.3 Å². The third-order valence-electron chi connectivity index (χ3n) is 4.01. The summed E-state index contributed by atoms with van der Waals surface area (Å²) in [6, 6.07) is 0.217. The van der Waals surface area contributed by atoms with E-state index in [1.165, 1.54) is 7.11 Å². The largest absolute Gasteiger partial charge is 0.453 e. The molecule has 2 aliphatic rings. The van der Waals surface area contributed by atoms with Crippen molar-refractivity contribution in [1.82, 2.24) is 10.2 Å². The van der Waals surface area contributed by atoms with Crippen molar-refractivity contribution in [2.45, 2.75) is 51.7 Å². The molecule has 2 rings (SSSR count). The summed E-state index contributed by atoms with van der Waals surface area (Å²) < 4.78 is 4.59. The standard InChI is InChI=1S/C13H22N2O3/c1-7(2)11(14-13(17)18-4)12(16)15-8(3)5-9-6-10(9)15/h7-11H,5-6H2,1-4H3,(H,14,17)/t8-,9+,10-,11?/m1/s1. The van der Waals surface area contributed by atoms with Crippen LogP contribution in [0.5, 0.6) is 0 Å². The monoisotopic (exact) mass is 254 g/mol. The first kappa shape index (κ1) is 13.2. The highest BCUT2D eigenvalue weighted by Gasteiger charge is 2.53. The summed E-state index contributed by atoms with van der Waals surface area (Å²) in [5, 5.41) is 2.65. The Morgan fingerprint density at radius 3 is 2.44 bits per heavy atom. The van der Waals surface area contributed by atoms with E-state index in [4.69, 9.17) is 0 Å². The van der Waals surface area contributed by atoms with Crippen LogP contribution >= 0.6 is 0 Å². The van der Waals surface area contributed by atoms with Gasteiger partial charge in [-0.25, -0.2) is 4.79 Å². The molecule has 1 unspecified atom stereocenters. The van der Waals surface area contributed by atoms with Gasteiger partial charge in [-0.3, -0.25) is 4.79 Å². The van der Waals surface area contributed by atoms with E-state index >= 15 is 0 Å². The Labute approximate surface area is 108 Å². The summed E-state index contributed by atoms with van der Waals surface area (Å²) in [5.41, 5.74) is 0. The Morgan fingerprint density at radius 1 is 1.33 bits per heavy atom. The second kappa shape index (κ2) is 4.78. The van der Waals surface area contributed by atoms with Gasteiger partial charge < -0.3 is 15.0 Å². The van der Waals surface area contributed by atoms with Crippen LogP contribution in [0.15, 0.2) is 0 Å². The van der Waals surface area contributed by atoms with Gasteiger partial charge in [0.15, 0.2) is 0 Å². The number of hydrogen-bond acceptors (Lipinski definition) is 3. The van der Waals surface area contributed by atoms with E-state index in [1.807, 2.05) is 18.7 Å². The smallest absolute Gasteiger partial charge is 0.407 e. The first-order chi connectivity index (χ1) is 8.45. The molecule has 0 aromatic heterocycles. The molecule has 18 heavy (non-hydrogen) atoms. The first-order valence-electron chi connectivity index (χ1n) is 6.62. The number of rotatable bonds is 3. The minimum Gasteiger partial charge on any atom is -0.453 e. The number of hydrogen-bond donors (Lipinski definition) is 1. The number of carbonyl (C=O) groups excluding carboxylic acids is 2. The predicted molar refractivity (Wildman–Crippen MR) is 67.0 cm³/mol. The number of piperidine rings is 1. The first-order valence-corrected chi connectivity index (χ1v) is 6.62. The van der Waals surface area contributed by atoms with Gasteiger partial charge in [-0.1, -0.05) is 13.8 Å². The van der Waals surface area contributed by atoms with Crippen molar-refractivity contribution in [3.8, 4) is 0 Å². The van der Waals surface area contributed by atoms with Crippen LogP contribution in [-0.4, -0.2) is 42.1 Å². The molecule has 2 amide bonds. The second-order valence-electron chi connectivity index (χ2n) is 5.75. The molecule has 102 valence electrons. The molecule has 0 radical (unpaired) electrons. The van der Waals surface area contributed by atoms with Gasteiger partial charge in [0, 0.05) is 12.1 Å². The molecule has 1 heterocycles. The Hall–Kier alpha value is -1.26. The lowest BCUT2D eigenvalue weighted by molar-refractivity contribution is -0.136. The minimum absolute atomic E-state index is 0.0351. The fraction of sp³-hybridized carbons (Fsp3) is 0.846. The van der Waals surface area contributed by atoms with Crippen LogP contribution in [0.1, 0.15) is 33.6 Å². The van der Waals surface area contributed by atoms with Gasteiger partial charge in [0.25, 0.3) is 0 Å². The SMILES string of the molecule is COC(=O)NC(C(=O)N1[C@H](C)C[C@H]2C[C@H]21)C(C)C. The average Bonchev–Trinajstić information content (AvgIpc) is 2.97. The molecule has 1 N–H and O–H groups in total. The van der Waals surface area contributed by atoms with E-state index < -0.39 is 12.1 Å². The number of methoxy groups -OCH3 is 1. The predicted octanol–water partition coefficient (Wildman–Crippen LogP) is 1.38. The molecule has 1 aliphatic heterocycles. The van der Waals surface area contributed by atoms with Crippen molar-refractivity contribution in [2.24, 2.45) is 11.8 Å². The molecular formula is C13H22N2O3. The fourth-order valence-corrected chi connectivity index (χ4v) is 2.94. The molecule has 0 bridgehead atoms. The van der Waals surface area contributed by atoms with Crippen LogP contribution < -0.4 is 5.32 Å². The Morgan fingerprint density at radius 2 is 2.00 bits per heavy atom. The molecular weight excluding hydrogens is 232 g/mol. The second-order valence-corrected chi connectivity index (χ2v) is 5.75. The number of nitrogens with zero attached hydrogens (tertiary/aromatic N) is 1. The summed E-state index contributed by atoms with van der Waals surface area (Å²) in [6.45, 7) is 5.95. The lowest BCUT2D eigenvalue weighted by atomic mass is 10.0. The zero-order chi connectivity index (χ0) is 13.4. The molecule has 1 saturated heterocycles. The Balaban J connectivity index is 2.06. The van der Waals surface area contributed by atoms with E-state index in [2.05, 4.69) is 17.0 Å². The van der Waals surface area contributed by atoms with E-state index in [0.29, 0.717) is 18.0 Å². The van der Waals surface area contributed by atoms with Crippen molar-refractivity contribution in [3.63, 3.8) is 0 Å². The van der Waals surface area contributed by atoms with Crippen LogP contribution in [0.3, 0.4) is 0 Å². The lowest BCUT2D eigenvalue weighted by Crippen LogP contribution is -2.53. The van der Waals surface area contributed by atoms with E-state index in [1.54, 1.807) is 0 Å². The number of ether oxygens (including phenoxy) is 1. The highest BCUT2D eigenvalue weighted by Crippen LogP contribution is 2.47. The molecule has 0 aromatic rings.